The first-order valence-corrected chi connectivity index (χ1v) is 10.1. The van der Waals surface area contributed by atoms with Crippen molar-refractivity contribution >= 4 is 22.2 Å². The maximum atomic E-state index is 10.4. The number of aromatic nitrogens is 5. The Hall–Kier alpha value is -3.53. The van der Waals surface area contributed by atoms with Crippen LogP contribution >= 0.6 is 11.3 Å². The van der Waals surface area contributed by atoms with Gasteiger partial charge in [-0.15, -0.1) is 11.3 Å². The molecule has 0 aliphatic carbocycles. The lowest BCUT2D eigenvalue weighted by molar-refractivity contribution is 0.214. The first kappa shape index (κ1) is 18.5. The Bertz CT molecular complexity index is 1300. The van der Waals surface area contributed by atoms with E-state index in [9.17, 15) is 10.2 Å². The number of fused-ring (bicyclic) bond motifs is 1. The predicted molar refractivity (Wildman–Crippen MR) is 112 cm³/mol. The topological polar surface area (TPSA) is 120 Å². The summed E-state index contributed by atoms with van der Waals surface area (Å²) >= 11 is 1.35. The smallest absolute Gasteiger partial charge is 0.181 e. The average Bonchev–Trinajstić information content (AvgIpc) is 3.55. The molecule has 4 N–H and O–H groups in total. The van der Waals surface area contributed by atoms with Crippen LogP contribution in [0.5, 0.6) is 11.5 Å². The molecule has 0 saturated heterocycles. The normalized spacial score (nSPS) is 12.3. The van der Waals surface area contributed by atoms with Crippen LogP contribution in [0.3, 0.4) is 0 Å². The molecule has 0 radical (unpaired) electrons. The van der Waals surface area contributed by atoms with Gasteiger partial charge in [-0.2, -0.15) is 5.10 Å². The van der Waals surface area contributed by atoms with Crippen LogP contribution in [0.2, 0.25) is 0 Å². The Morgan fingerprint density at radius 2 is 2.10 bits per heavy atom. The summed E-state index contributed by atoms with van der Waals surface area (Å²) in [6.45, 7) is -0.135. The summed E-state index contributed by atoms with van der Waals surface area (Å²) in [6.07, 6.45) is 2.53. The number of aromatic amines is 2. The number of nitrogens with one attached hydrogen (secondary N) is 2. The molecule has 9 heteroatoms. The Balaban J connectivity index is 1.43. The van der Waals surface area contributed by atoms with Crippen LogP contribution in [0.25, 0.3) is 22.3 Å². The highest BCUT2D eigenvalue weighted by molar-refractivity contribution is 7.09. The molecule has 0 aliphatic rings. The van der Waals surface area contributed by atoms with E-state index in [0.717, 1.165) is 16.5 Å². The van der Waals surface area contributed by atoms with E-state index < -0.39 is 6.10 Å². The van der Waals surface area contributed by atoms with Crippen molar-refractivity contribution in [1.82, 2.24) is 25.1 Å². The van der Waals surface area contributed by atoms with Crippen LogP contribution in [0.15, 0.2) is 60.4 Å². The Labute approximate surface area is 174 Å². The summed E-state index contributed by atoms with van der Waals surface area (Å²) in [5, 5.41) is 28.2. The van der Waals surface area contributed by atoms with Gasteiger partial charge in [0, 0.05) is 34.4 Å². The molecule has 8 nitrogen and oxygen atoms in total. The van der Waals surface area contributed by atoms with Crippen LogP contribution in [0.1, 0.15) is 22.4 Å². The molecule has 150 valence electrons. The van der Waals surface area contributed by atoms with Gasteiger partial charge in [0.1, 0.15) is 17.6 Å². The third-order valence-electron chi connectivity index (χ3n) is 4.76. The second-order valence-corrected chi connectivity index (χ2v) is 7.54. The molecule has 5 aromatic rings. The zero-order valence-corrected chi connectivity index (χ0v) is 16.4. The molecular formula is C21H17N5O3S. The molecule has 30 heavy (non-hydrogen) atoms. The van der Waals surface area contributed by atoms with Crippen molar-refractivity contribution in [2.24, 2.45) is 0 Å². The Kier molecular flexibility index (Phi) is 4.75. The van der Waals surface area contributed by atoms with Crippen molar-refractivity contribution in [3.63, 3.8) is 0 Å². The Morgan fingerprint density at radius 1 is 1.17 bits per heavy atom. The average molecular weight is 419 g/mol. The maximum absolute atomic E-state index is 10.4. The molecule has 1 atom stereocenters. The van der Waals surface area contributed by atoms with Gasteiger partial charge in [0.2, 0.25) is 0 Å². The highest BCUT2D eigenvalue weighted by Gasteiger charge is 2.18. The zero-order chi connectivity index (χ0) is 20.5. The molecule has 3 heterocycles. The number of benzene rings is 2. The van der Waals surface area contributed by atoms with Gasteiger partial charge in [-0.05, 0) is 30.3 Å². The van der Waals surface area contributed by atoms with Gasteiger partial charge >= 0.3 is 0 Å². The fraction of sp³-hybridized carbons (Fsp3) is 0.0952. The second-order valence-electron chi connectivity index (χ2n) is 6.62. The molecule has 5 rings (SSSR count). The highest BCUT2D eigenvalue weighted by Crippen LogP contribution is 2.33. The monoisotopic (exact) mass is 419 g/mol. The standard InChI is InChI=1S/C21H17N5O3S/c27-10-15-14-6-7-23-16(14)4-5-17(15)29-13-3-1-2-12(8-13)20-24-21(26-25-20)19(28)18-9-22-11-30-18/h1-9,11,19,23,27-28H,10H2,(H,24,25,26). The molecule has 2 aromatic carbocycles. The van der Waals surface area contributed by atoms with E-state index in [0.29, 0.717) is 33.6 Å². The molecule has 0 aliphatic heterocycles. The van der Waals surface area contributed by atoms with Crippen LogP contribution < -0.4 is 4.74 Å². The van der Waals surface area contributed by atoms with Gasteiger partial charge in [0.15, 0.2) is 11.6 Å². The van der Waals surface area contributed by atoms with Crippen LogP contribution in [-0.4, -0.2) is 35.4 Å². The largest absolute Gasteiger partial charge is 0.457 e. The van der Waals surface area contributed by atoms with Crippen molar-refractivity contribution < 1.29 is 14.9 Å². The van der Waals surface area contributed by atoms with E-state index in [-0.39, 0.29) is 6.61 Å². The number of hydrogen-bond acceptors (Lipinski definition) is 7. The third-order valence-corrected chi connectivity index (χ3v) is 5.59. The minimum atomic E-state index is -0.904. The molecule has 0 saturated carbocycles. The highest BCUT2D eigenvalue weighted by atomic mass is 32.1. The SMILES string of the molecule is OCc1c(Oc2cccc(-c3n[nH]c(C(O)c4cncs4)n3)c2)ccc2[nH]ccc12. The summed E-state index contributed by atoms with van der Waals surface area (Å²) in [7, 11) is 0. The fourth-order valence-electron chi connectivity index (χ4n) is 3.28. The van der Waals surface area contributed by atoms with E-state index in [1.807, 2.05) is 48.7 Å². The molecular weight excluding hydrogens is 402 g/mol. The summed E-state index contributed by atoms with van der Waals surface area (Å²) in [4.78, 5) is 12.2. The van der Waals surface area contributed by atoms with Gasteiger partial charge < -0.3 is 19.9 Å². The number of H-pyrrole nitrogens is 2. The summed E-state index contributed by atoms with van der Waals surface area (Å²) in [5.74, 6) is 1.97. The van der Waals surface area contributed by atoms with Gasteiger partial charge in [-0.3, -0.25) is 10.1 Å². The molecule has 0 fully saturated rings. The molecule has 0 amide bonds. The van der Waals surface area contributed by atoms with Crippen molar-refractivity contribution in [2.45, 2.75) is 12.7 Å². The Morgan fingerprint density at radius 3 is 2.93 bits per heavy atom. The van der Waals surface area contributed by atoms with Gasteiger partial charge in [-0.1, -0.05) is 12.1 Å². The summed E-state index contributed by atoms with van der Waals surface area (Å²) in [5.41, 5.74) is 4.04. The fourth-order valence-corrected chi connectivity index (χ4v) is 3.89. The van der Waals surface area contributed by atoms with Crippen molar-refractivity contribution in [2.75, 3.05) is 0 Å². The van der Waals surface area contributed by atoms with Crippen LogP contribution in [-0.2, 0) is 6.61 Å². The minimum absolute atomic E-state index is 0.135. The second kappa shape index (κ2) is 7.71. The number of thiazole rings is 1. The van der Waals surface area contributed by atoms with Crippen LogP contribution in [0.4, 0.5) is 0 Å². The van der Waals surface area contributed by atoms with Gasteiger partial charge in [0.25, 0.3) is 0 Å². The summed E-state index contributed by atoms with van der Waals surface area (Å²) < 4.78 is 6.06. The third kappa shape index (κ3) is 3.35. The maximum Gasteiger partial charge on any atom is 0.181 e. The number of aliphatic hydroxyl groups is 2. The molecule has 0 bridgehead atoms. The lowest BCUT2D eigenvalue weighted by atomic mass is 10.1. The van der Waals surface area contributed by atoms with E-state index in [2.05, 4.69) is 25.1 Å². The number of hydrogen-bond donors (Lipinski definition) is 4. The van der Waals surface area contributed by atoms with Crippen molar-refractivity contribution in [3.05, 3.63) is 76.6 Å². The van der Waals surface area contributed by atoms with E-state index in [1.54, 1.807) is 11.7 Å². The lowest BCUT2D eigenvalue weighted by Gasteiger charge is -2.11. The molecule has 3 aromatic heterocycles. The van der Waals surface area contributed by atoms with E-state index in [4.69, 9.17) is 4.74 Å². The minimum Gasteiger partial charge on any atom is -0.457 e. The number of nitrogens with zero attached hydrogens (tertiary/aromatic N) is 3. The quantitative estimate of drug-likeness (QED) is 0.332. The number of ether oxygens (including phenoxy) is 1. The predicted octanol–water partition coefficient (Wildman–Crippen LogP) is 3.78. The molecule has 0 spiro atoms. The number of aliphatic hydroxyl groups excluding tert-OH is 2. The first-order chi connectivity index (χ1) is 14.7. The lowest BCUT2D eigenvalue weighted by Crippen LogP contribution is -1.99. The van der Waals surface area contributed by atoms with Crippen molar-refractivity contribution in [3.8, 4) is 22.9 Å². The van der Waals surface area contributed by atoms with E-state index >= 15 is 0 Å². The van der Waals surface area contributed by atoms with Gasteiger partial charge in [0.05, 0.1) is 17.0 Å². The van der Waals surface area contributed by atoms with E-state index in [1.165, 1.54) is 11.3 Å². The van der Waals surface area contributed by atoms with Gasteiger partial charge in [-0.25, -0.2) is 4.98 Å². The van der Waals surface area contributed by atoms with Crippen molar-refractivity contribution in [1.29, 1.82) is 0 Å². The molecule has 1 unspecified atom stereocenters. The summed E-state index contributed by atoms with van der Waals surface area (Å²) in [6, 6.07) is 13.0. The first-order valence-electron chi connectivity index (χ1n) is 9.20. The zero-order valence-electron chi connectivity index (χ0n) is 15.6. The number of rotatable bonds is 6. The van der Waals surface area contributed by atoms with Crippen LogP contribution in [0, 0.1) is 0 Å².